The van der Waals surface area contributed by atoms with Gasteiger partial charge in [-0.15, -0.1) is 0 Å². The highest BCUT2D eigenvalue weighted by Gasteiger charge is 2.54. The maximum atomic E-state index is 12.9. The molecule has 0 bridgehead atoms. The molecular formula is C42H69NO15. The highest BCUT2D eigenvalue weighted by atomic mass is 16.7. The van der Waals surface area contributed by atoms with E-state index in [9.17, 15) is 34.5 Å². The number of nitrogens with zero attached hydrogens (tertiary/aromatic N) is 1. The zero-order valence-electron chi connectivity index (χ0n) is 35.9. The summed E-state index contributed by atoms with van der Waals surface area (Å²) in [5, 5.41) is 34.5. The van der Waals surface area contributed by atoms with Crippen LogP contribution in [0.4, 0.5) is 0 Å². The highest BCUT2D eigenvalue weighted by Crippen LogP contribution is 2.39. The summed E-state index contributed by atoms with van der Waals surface area (Å²) in [6, 6.07) is -0.783. The summed E-state index contributed by atoms with van der Waals surface area (Å²) in [5.41, 5.74) is -1.30. The number of carbonyl (C=O) groups is 4. The van der Waals surface area contributed by atoms with Crippen LogP contribution in [0.2, 0.25) is 0 Å². The Morgan fingerprint density at radius 2 is 1.69 bits per heavy atom. The third kappa shape index (κ3) is 13.6. The second-order valence-electron chi connectivity index (χ2n) is 16.3. The van der Waals surface area contributed by atoms with Gasteiger partial charge in [-0.25, -0.2) is 0 Å². The minimum atomic E-state index is -1.45. The molecule has 3 aliphatic rings. The lowest BCUT2D eigenvalue weighted by atomic mass is 9.82. The molecule has 0 aromatic carbocycles. The molecule has 16 atom stereocenters. The van der Waals surface area contributed by atoms with Crippen molar-refractivity contribution >= 4 is 24.2 Å². The third-order valence-corrected chi connectivity index (χ3v) is 11.1. The molecule has 3 heterocycles. The van der Waals surface area contributed by atoms with E-state index >= 15 is 0 Å². The Morgan fingerprint density at radius 1 is 0.983 bits per heavy atom. The first-order valence-corrected chi connectivity index (χ1v) is 20.6. The summed E-state index contributed by atoms with van der Waals surface area (Å²) in [6.07, 6.45) is -3.49. The number of aliphatic hydroxyl groups is 3. The van der Waals surface area contributed by atoms with Crippen molar-refractivity contribution in [2.24, 2.45) is 11.8 Å². The summed E-state index contributed by atoms with van der Waals surface area (Å²) in [6.45, 7) is 12.2. The summed E-state index contributed by atoms with van der Waals surface area (Å²) >= 11 is 0. The van der Waals surface area contributed by atoms with Gasteiger partial charge in [0.2, 0.25) is 0 Å². The van der Waals surface area contributed by atoms with Crippen molar-refractivity contribution in [1.82, 2.24) is 4.90 Å². The van der Waals surface area contributed by atoms with Crippen LogP contribution in [-0.2, 0) is 57.1 Å². The SMILES string of the molecule is CCCC(=O)O[C@H]1[C@H](C)OC(O[C@@H]2C(C)O[C@@H](O[C@H]3[C@@H](CC=O)C[C@@H](C)[C@H](O)/C=C/C=C/C[C@@H](C)OC(=O)C[C@@H](O)[C@@H]3OC)C(O)[C@@H]2N(C)C)C[C@@]1(C)OC(=O)CC. The fraction of sp³-hybridized carbons (Fsp3) is 0.810. The predicted molar refractivity (Wildman–Crippen MR) is 210 cm³/mol. The minimum Gasteiger partial charge on any atom is -0.462 e. The van der Waals surface area contributed by atoms with Gasteiger partial charge >= 0.3 is 17.9 Å². The van der Waals surface area contributed by atoms with E-state index in [1.807, 2.05) is 19.9 Å². The van der Waals surface area contributed by atoms with Crippen molar-refractivity contribution in [3.8, 4) is 0 Å². The van der Waals surface area contributed by atoms with Crippen molar-refractivity contribution in [3.63, 3.8) is 0 Å². The first kappa shape index (κ1) is 49.6. The lowest BCUT2D eigenvalue weighted by Gasteiger charge is -2.50. The number of aliphatic hydroxyl groups excluding tert-OH is 3. The molecule has 2 saturated heterocycles. The fourth-order valence-corrected chi connectivity index (χ4v) is 8.07. The molecule has 0 aliphatic carbocycles. The summed E-state index contributed by atoms with van der Waals surface area (Å²) < 4.78 is 48.8. The van der Waals surface area contributed by atoms with E-state index in [-0.39, 0.29) is 38.0 Å². The Bertz CT molecular complexity index is 1380. The molecule has 0 amide bonds. The largest absolute Gasteiger partial charge is 0.462 e. The zero-order chi connectivity index (χ0) is 43.3. The van der Waals surface area contributed by atoms with Crippen LogP contribution in [0.15, 0.2) is 24.3 Å². The molecule has 0 aromatic rings. The second-order valence-corrected chi connectivity index (χ2v) is 16.3. The van der Waals surface area contributed by atoms with Gasteiger partial charge in [0.15, 0.2) is 24.3 Å². The molecular weight excluding hydrogens is 758 g/mol. The van der Waals surface area contributed by atoms with Gasteiger partial charge in [0, 0.05) is 39.2 Å². The summed E-state index contributed by atoms with van der Waals surface area (Å²) in [5.74, 6) is -2.64. The minimum absolute atomic E-state index is 0.00608. The van der Waals surface area contributed by atoms with E-state index in [1.165, 1.54) is 7.11 Å². The molecule has 58 heavy (non-hydrogen) atoms. The molecule has 0 aromatic heterocycles. The second kappa shape index (κ2) is 23.3. The topological polar surface area (TPSA) is 206 Å². The van der Waals surface area contributed by atoms with Crippen LogP contribution in [0.3, 0.4) is 0 Å². The highest BCUT2D eigenvalue weighted by molar-refractivity contribution is 5.71. The molecule has 3 unspecified atom stereocenters. The summed E-state index contributed by atoms with van der Waals surface area (Å²) in [7, 11) is 4.85. The van der Waals surface area contributed by atoms with Crippen LogP contribution in [0.1, 0.15) is 99.8 Å². The monoisotopic (exact) mass is 827 g/mol. The van der Waals surface area contributed by atoms with Gasteiger partial charge in [0.05, 0.1) is 43.0 Å². The number of methoxy groups -OCH3 is 1. The summed E-state index contributed by atoms with van der Waals surface area (Å²) in [4.78, 5) is 52.1. The molecule has 3 N–H and O–H groups in total. The number of cyclic esters (lactones) is 1. The number of allylic oxidation sites excluding steroid dienone is 2. The Kier molecular flexibility index (Phi) is 19.9. The van der Waals surface area contributed by atoms with Crippen LogP contribution in [0.5, 0.6) is 0 Å². The van der Waals surface area contributed by atoms with Gasteiger partial charge in [-0.3, -0.25) is 14.4 Å². The van der Waals surface area contributed by atoms with Gasteiger partial charge in [0.1, 0.15) is 30.7 Å². The van der Waals surface area contributed by atoms with E-state index in [0.717, 1.165) is 0 Å². The quantitative estimate of drug-likeness (QED) is 0.139. The third-order valence-electron chi connectivity index (χ3n) is 11.1. The number of esters is 3. The number of hydrogen-bond acceptors (Lipinski definition) is 16. The van der Waals surface area contributed by atoms with Gasteiger partial charge in [-0.1, -0.05) is 45.1 Å². The van der Waals surface area contributed by atoms with E-state index in [0.29, 0.717) is 19.1 Å². The van der Waals surface area contributed by atoms with E-state index in [1.54, 1.807) is 71.8 Å². The Labute approximate surface area is 343 Å². The lowest BCUT2D eigenvalue weighted by molar-refractivity contribution is -0.344. The maximum Gasteiger partial charge on any atom is 0.308 e. The molecule has 0 radical (unpaired) electrons. The molecule has 2 fully saturated rings. The van der Waals surface area contributed by atoms with E-state index < -0.39 is 116 Å². The fourth-order valence-electron chi connectivity index (χ4n) is 8.07. The number of likely N-dealkylation sites (N-methyl/N-ethyl adjacent to an activating group) is 1. The molecule has 0 saturated carbocycles. The maximum absolute atomic E-state index is 12.9. The standard InChI is InChI=1S/C42H69NO15/c1-11-16-32(48)55-40-27(6)53-34(23-42(40,7)58-31(47)12-2)56-37-26(5)54-41(36(50)35(37)43(8)9)57-38-28(19-20-44)21-24(3)29(45)18-15-13-14-17-25(4)52-33(49)22-30(46)39(38)51-10/h13-15,18,20,24-30,34-41,45-46,50H,11-12,16-17,19,21-23H2,1-10H3/b14-13+,18-15+/t24-,25-,26?,27+,28+,29-,30-,34?,35+,36?,37-,38+,39+,40+,41+,42-/m1/s1. The van der Waals surface area contributed by atoms with Crippen molar-refractivity contribution in [3.05, 3.63) is 24.3 Å². The Morgan fingerprint density at radius 3 is 2.31 bits per heavy atom. The van der Waals surface area contributed by atoms with Gasteiger partial charge in [0.25, 0.3) is 0 Å². The molecule has 332 valence electrons. The van der Waals surface area contributed by atoms with Crippen LogP contribution in [0.25, 0.3) is 0 Å². The lowest BCUT2D eigenvalue weighted by Crippen LogP contribution is -2.66. The van der Waals surface area contributed by atoms with Gasteiger partial charge in [-0.2, -0.15) is 0 Å². The average molecular weight is 828 g/mol. The number of hydrogen-bond donors (Lipinski definition) is 3. The van der Waals surface area contributed by atoms with Gasteiger partial charge < -0.3 is 62.9 Å². The average Bonchev–Trinajstić information content (AvgIpc) is 3.13. The Balaban J connectivity index is 1.95. The van der Waals surface area contributed by atoms with Crippen molar-refractivity contribution < 1.29 is 72.4 Å². The van der Waals surface area contributed by atoms with Crippen LogP contribution >= 0.6 is 0 Å². The van der Waals surface area contributed by atoms with Crippen molar-refractivity contribution in [2.45, 2.75) is 185 Å². The molecule has 16 nitrogen and oxygen atoms in total. The van der Waals surface area contributed by atoms with E-state index in [2.05, 4.69) is 0 Å². The van der Waals surface area contributed by atoms with E-state index in [4.69, 9.17) is 37.9 Å². The van der Waals surface area contributed by atoms with Crippen LogP contribution < -0.4 is 0 Å². The predicted octanol–water partition coefficient (Wildman–Crippen LogP) is 3.16. The molecule has 3 rings (SSSR count). The van der Waals surface area contributed by atoms with Crippen molar-refractivity contribution in [1.29, 1.82) is 0 Å². The number of rotatable bonds is 13. The molecule has 3 aliphatic heterocycles. The first-order valence-electron chi connectivity index (χ1n) is 20.6. The number of aldehydes is 1. The van der Waals surface area contributed by atoms with Gasteiger partial charge in [-0.05, 0) is 66.5 Å². The van der Waals surface area contributed by atoms with Crippen LogP contribution in [0, 0.1) is 11.8 Å². The smallest absolute Gasteiger partial charge is 0.308 e. The zero-order valence-corrected chi connectivity index (χ0v) is 35.9. The number of ether oxygens (including phenoxy) is 8. The normalized spacial score (nSPS) is 40.6. The Hall–Kier alpha value is -2.80. The molecule has 16 heteroatoms. The van der Waals surface area contributed by atoms with Crippen LogP contribution in [-0.4, -0.2) is 151 Å². The van der Waals surface area contributed by atoms with Crippen molar-refractivity contribution in [2.75, 3.05) is 21.2 Å². The first-order chi connectivity index (χ1) is 27.4. The number of carbonyl (C=O) groups excluding carboxylic acids is 4. The molecule has 0 spiro atoms.